The van der Waals surface area contributed by atoms with Gasteiger partial charge in [-0.1, -0.05) is 0 Å². The Morgan fingerprint density at radius 2 is 1.44 bits per heavy atom. The third-order valence-corrected chi connectivity index (χ3v) is 1.28. The van der Waals surface area contributed by atoms with Crippen molar-refractivity contribution in [1.82, 2.24) is 0 Å². The van der Waals surface area contributed by atoms with E-state index < -0.39 is 12.1 Å². The predicted molar refractivity (Wildman–Crippen MR) is 54.3 cm³/mol. The quantitative estimate of drug-likeness (QED) is 0.621. The van der Waals surface area contributed by atoms with E-state index in [9.17, 15) is 13.2 Å². The van der Waals surface area contributed by atoms with Crippen LogP contribution in [0.15, 0.2) is 0 Å². The van der Waals surface area contributed by atoms with Crippen molar-refractivity contribution in [2.75, 3.05) is 46.8 Å². The number of ether oxygens (including phenoxy) is 3. The maximum absolute atomic E-state index is 10.6. The fourth-order valence-corrected chi connectivity index (χ4v) is 0.529. The second kappa shape index (κ2) is 12.6. The first-order valence-electron chi connectivity index (χ1n) is 4.91. The molecule has 2 N–H and O–H groups in total. The molecule has 0 aromatic heterocycles. The van der Waals surface area contributed by atoms with Crippen LogP contribution in [0.1, 0.15) is 0 Å². The van der Waals surface area contributed by atoms with Gasteiger partial charge in [0.2, 0.25) is 0 Å². The van der Waals surface area contributed by atoms with Crippen molar-refractivity contribution in [2.24, 2.45) is 0 Å². The highest BCUT2D eigenvalue weighted by Gasteiger charge is 2.38. The molecule has 18 heavy (non-hydrogen) atoms. The summed E-state index contributed by atoms with van der Waals surface area (Å²) >= 11 is 0. The number of methoxy groups -OCH3 is 1. The highest BCUT2D eigenvalue weighted by Crippen LogP contribution is 2.13. The monoisotopic (exact) mass is 278 g/mol. The maximum atomic E-state index is 10.6. The van der Waals surface area contributed by atoms with E-state index in [-0.39, 0.29) is 6.61 Å². The Morgan fingerprint density at radius 1 is 1.06 bits per heavy atom. The topological polar surface area (TPSA) is 85.2 Å². The van der Waals surface area contributed by atoms with Gasteiger partial charge in [-0.15, -0.1) is 0 Å². The molecule has 0 spiro atoms. The molecular weight excluding hydrogens is 261 g/mol. The predicted octanol–water partition coefficient (Wildman–Crippen LogP) is 0.292. The summed E-state index contributed by atoms with van der Waals surface area (Å²) in [5, 5.41) is 15.4. The highest BCUT2D eigenvalue weighted by atomic mass is 19.4. The number of rotatable bonds is 8. The molecule has 0 saturated carbocycles. The smallest absolute Gasteiger partial charge is 0.475 e. The van der Waals surface area contributed by atoms with Gasteiger partial charge in [0.1, 0.15) is 0 Å². The number of aliphatic hydroxyl groups excluding tert-OH is 1. The van der Waals surface area contributed by atoms with Gasteiger partial charge in [0.15, 0.2) is 0 Å². The molecule has 0 saturated heterocycles. The third-order valence-electron chi connectivity index (χ3n) is 1.28. The van der Waals surface area contributed by atoms with Gasteiger partial charge in [0, 0.05) is 7.11 Å². The minimum absolute atomic E-state index is 0.0675. The van der Waals surface area contributed by atoms with Crippen molar-refractivity contribution in [3.8, 4) is 0 Å². The molecule has 0 aliphatic heterocycles. The molecule has 0 atom stereocenters. The molecule has 110 valence electrons. The van der Waals surface area contributed by atoms with Gasteiger partial charge in [0.05, 0.1) is 39.6 Å². The summed E-state index contributed by atoms with van der Waals surface area (Å²) < 4.78 is 46.5. The first-order valence-corrected chi connectivity index (χ1v) is 4.91. The molecule has 0 aromatic carbocycles. The molecule has 0 rings (SSSR count). The summed E-state index contributed by atoms with van der Waals surface area (Å²) in [5.74, 6) is -2.76. The normalized spacial score (nSPS) is 10.7. The van der Waals surface area contributed by atoms with Crippen LogP contribution in [0.2, 0.25) is 0 Å². The van der Waals surface area contributed by atoms with Crippen LogP contribution in [0.25, 0.3) is 0 Å². The Labute approximate surface area is 102 Å². The molecule has 0 unspecified atom stereocenters. The number of carboxylic acid groups (broad SMARTS) is 1. The summed E-state index contributed by atoms with van der Waals surface area (Å²) in [5.41, 5.74) is 0. The molecular formula is C9H17F3O6. The van der Waals surface area contributed by atoms with Crippen LogP contribution < -0.4 is 0 Å². The van der Waals surface area contributed by atoms with E-state index in [1.165, 1.54) is 0 Å². The Hall–Kier alpha value is -0.900. The number of alkyl halides is 3. The Kier molecular flexibility index (Phi) is 13.6. The van der Waals surface area contributed by atoms with Gasteiger partial charge in [-0.3, -0.25) is 0 Å². The van der Waals surface area contributed by atoms with Gasteiger partial charge < -0.3 is 24.4 Å². The lowest BCUT2D eigenvalue weighted by Gasteiger charge is -2.03. The molecule has 0 amide bonds. The van der Waals surface area contributed by atoms with E-state index in [4.69, 9.17) is 29.2 Å². The highest BCUT2D eigenvalue weighted by molar-refractivity contribution is 5.73. The molecule has 0 aromatic rings. The number of carbonyl (C=O) groups is 1. The van der Waals surface area contributed by atoms with Gasteiger partial charge in [-0.05, 0) is 0 Å². The molecule has 0 fully saturated rings. The van der Waals surface area contributed by atoms with E-state index >= 15 is 0 Å². The van der Waals surface area contributed by atoms with Crippen LogP contribution in [0.3, 0.4) is 0 Å². The van der Waals surface area contributed by atoms with Gasteiger partial charge in [-0.25, -0.2) is 4.79 Å². The molecule has 0 heterocycles. The summed E-state index contributed by atoms with van der Waals surface area (Å²) in [6, 6.07) is 0. The second-order valence-corrected chi connectivity index (χ2v) is 2.74. The number of hydrogen-bond donors (Lipinski definition) is 2. The molecule has 0 radical (unpaired) electrons. The molecule has 0 aliphatic rings. The van der Waals surface area contributed by atoms with Crippen molar-refractivity contribution in [2.45, 2.75) is 6.18 Å². The number of aliphatic hydroxyl groups is 1. The minimum Gasteiger partial charge on any atom is -0.475 e. The first-order chi connectivity index (χ1) is 8.36. The fourth-order valence-electron chi connectivity index (χ4n) is 0.529. The summed E-state index contributed by atoms with van der Waals surface area (Å²) in [7, 11) is 1.63. The Bertz CT molecular complexity index is 189. The van der Waals surface area contributed by atoms with Crippen LogP contribution in [0.5, 0.6) is 0 Å². The lowest BCUT2D eigenvalue weighted by atomic mass is 10.7. The largest absolute Gasteiger partial charge is 0.490 e. The lowest BCUT2D eigenvalue weighted by Crippen LogP contribution is -2.21. The van der Waals surface area contributed by atoms with Crippen LogP contribution in [-0.2, 0) is 19.0 Å². The van der Waals surface area contributed by atoms with Gasteiger partial charge in [-0.2, -0.15) is 13.2 Å². The fraction of sp³-hybridized carbons (Fsp3) is 0.889. The van der Waals surface area contributed by atoms with Crippen molar-refractivity contribution in [3.63, 3.8) is 0 Å². The van der Waals surface area contributed by atoms with E-state index in [1.807, 2.05) is 0 Å². The average Bonchev–Trinajstić information content (AvgIpc) is 2.27. The summed E-state index contributed by atoms with van der Waals surface area (Å²) in [4.78, 5) is 8.90. The number of hydrogen-bond acceptors (Lipinski definition) is 5. The van der Waals surface area contributed by atoms with Gasteiger partial charge >= 0.3 is 12.1 Å². The summed E-state index contributed by atoms with van der Waals surface area (Å²) in [6.07, 6.45) is -5.08. The first kappa shape index (κ1) is 19.4. The van der Waals surface area contributed by atoms with Crippen molar-refractivity contribution >= 4 is 5.97 Å². The van der Waals surface area contributed by atoms with Crippen LogP contribution in [0.4, 0.5) is 13.2 Å². The molecule has 0 aliphatic carbocycles. The van der Waals surface area contributed by atoms with Crippen LogP contribution in [-0.4, -0.2) is 69.1 Å². The maximum Gasteiger partial charge on any atom is 0.490 e. The van der Waals surface area contributed by atoms with Crippen molar-refractivity contribution in [1.29, 1.82) is 0 Å². The lowest BCUT2D eigenvalue weighted by molar-refractivity contribution is -0.192. The van der Waals surface area contributed by atoms with E-state index in [0.29, 0.717) is 33.0 Å². The zero-order chi connectivity index (χ0) is 14.4. The Balaban J connectivity index is 0. The molecule has 9 heteroatoms. The molecule has 0 bridgehead atoms. The Morgan fingerprint density at radius 3 is 1.78 bits per heavy atom. The van der Waals surface area contributed by atoms with Gasteiger partial charge in [0.25, 0.3) is 0 Å². The third kappa shape index (κ3) is 17.5. The van der Waals surface area contributed by atoms with Crippen LogP contribution >= 0.6 is 0 Å². The van der Waals surface area contributed by atoms with Crippen molar-refractivity contribution in [3.05, 3.63) is 0 Å². The molecule has 6 nitrogen and oxygen atoms in total. The SMILES string of the molecule is COCCOCCOCCO.O=C(O)C(F)(F)F. The number of carboxylic acids is 1. The zero-order valence-corrected chi connectivity index (χ0v) is 9.90. The van der Waals surface area contributed by atoms with E-state index in [1.54, 1.807) is 7.11 Å². The second-order valence-electron chi connectivity index (χ2n) is 2.74. The average molecular weight is 278 g/mol. The van der Waals surface area contributed by atoms with E-state index in [0.717, 1.165) is 0 Å². The van der Waals surface area contributed by atoms with E-state index in [2.05, 4.69) is 0 Å². The summed E-state index contributed by atoms with van der Waals surface area (Å²) in [6.45, 7) is 2.75. The van der Waals surface area contributed by atoms with Crippen LogP contribution in [0, 0.1) is 0 Å². The minimum atomic E-state index is -5.08. The standard InChI is InChI=1S/C7H16O4.C2HF3O2/c1-9-4-5-11-7-6-10-3-2-8;3-2(4,5)1(6)7/h8H,2-7H2,1H3;(H,6,7). The number of halogens is 3. The zero-order valence-electron chi connectivity index (χ0n) is 9.90. The van der Waals surface area contributed by atoms with Crippen molar-refractivity contribution < 1.29 is 42.4 Å². The number of aliphatic carboxylic acids is 1.